The number of carbonyl (C=O) groups excluding carboxylic acids is 1. The summed E-state index contributed by atoms with van der Waals surface area (Å²) < 4.78 is 18.2. The third-order valence-electron chi connectivity index (χ3n) is 3.78. The third-order valence-corrected chi connectivity index (χ3v) is 3.78. The van der Waals surface area contributed by atoms with Crippen molar-refractivity contribution in [2.24, 2.45) is 11.0 Å². The van der Waals surface area contributed by atoms with Gasteiger partial charge in [0.25, 0.3) is 5.91 Å². The highest BCUT2D eigenvalue weighted by Crippen LogP contribution is 2.26. The van der Waals surface area contributed by atoms with E-state index in [9.17, 15) is 9.18 Å². The maximum Gasteiger partial charge on any atom is 0.277 e. The highest BCUT2D eigenvalue weighted by atomic mass is 19.1. The average molecular weight is 316 g/mol. The van der Waals surface area contributed by atoms with Gasteiger partial charge in [0, 0.05) is 6.07 Å². The second-order valence-electron chi connectivity index (χ2n) is 5.71. The van der Waals surface area contributed by atoms with Gasteiger partial charge in [0.05, 0.1) is 5.71 Å². The van der Waals surface area contributed by atoms with Gasteiger partial charge < -0.3 is 4.74 Å². The van der Waals surface area contributed by atoms with E-state index >= 15 is 0 Å². The lowest BCUT2D eigenvalue weighted by Crippen LogP contribution is -2.27. The van der Waals surface area contributed by atoms with Crippen LogP contribution in [0.2, 0.25) is 0 Å². The summed E-state index contributed by atoms with van der Waals surface area (Å²) in [7, 11) is 0. The second-order valence-corrected chi connectivity index (χ2v) is 5.71. The number of hydrogen-bond acceptors (Lipinski definition) is 3. The summed E-state index contributed by atoms with van der Waals surface area (Å²) >= 11 is 0. The molecule has 1 aliphatic rings. The van der Waals surface area contributed by atoms with E-state index in [1.165, 1.54) is 18.2 Å². The maximum absolute atomic E-state index is 13.0. The molecule has 0 unspecified atom stereocenters. The van der Waals surface area contributed by atoms with Gasteiger partial charge in [0.1, 0.15) is 11.6 Å². The lowest BCUT2D eigenvalue weighted by Gasteiger charge is -2.22. The Morgan fingerprint density at radius 1 is 1.52 bits per heavy atom. The van der Waals surface area contributed by atoms with Crippen LogP contribution in [-0.2, 0) is 4.79 Å². The molecular formula is C18H21FN2O2. The predicted octanol–water partition coefficient (Wildman–Crippen LogP) is 3.61. The fraction of sp³-hybridized carbons (Fsp3) is 0.333. The Morgan fingerprint density at radius 3 is 3.00 bits per heavy atom. The largest absolute Gasteiger partial charge is 0.484 e. The van der Waals surface area contributed by atoms with Gasteiger partial charge in [0.15, 0.2) is 6.61 Å². The zero-order valence-electron chi connectivity index (χ0n) is 13.4. The molecule has 1 aromatic carbocycles. The Labute approximate surface area is 135 Å². The van der Waals surface area contributed by atoms with Crippen molar-refractivity contribution in [3.8, 4) is 5.75 Å². The molecule has 122 valence electrons. The number of hydrazone groups is 1. The van der Waals surface area contributed by atoms with Gasteiger partial charge in [-0.15, -0.1) is 0 Å². The molecule has 0 aliphatic heterocycles. The number of carbonyl (C=O) groups is 1. The first-order chi connectivity index (χ1) is 11.0. The molecule has 1 atom stereocenters. The van der Waals surface area contributed by atoms with Crippen LogP contribution in [0.3, 0.4) is 0 Å². The summed E-state index contributed by atoms with van der Waals surface area (Å²) in [6, 6.07) is 5.66. The Hall–Kier alpha value is -2.43. The molecule has 1 aromatic rings. The molecule has 0 saturated heterocycles. The van der Waals surface area contributed by atoms with Gasteiger partial charge in [-0.3, -0.25) is 4.79 Å². The summed E-state index contributed by atoms with van der Waals surface area (Å²) in [5.74, 6) is -0.120. The van der Waals surface area contributed by atoms with Crippen molar-refractivity contribution in [1.82, 2.24) is 5.43 Å². The van der Waals surface area contributed by atoms with Crippen molar-refractivity contribution >= 4 is 11.6 Å². The van der Waals surface area contributed by atoms with Crippen LogP contribution < -0.4 is 10.2 Å². The molecular weight excluding hydrogens is 295 g/mol. The Bertz CT molecular complexity index is 665. The Balaban J connectivity index is 1.88. The summed E-state index contributed by atoms with van der Waals surface area (Å²) in [6.07, 6.45) is 3.83. The van der Waals surface area contributed by atoms with E-state index in [2.05, 4.69) is 23.2 Å². The zero-order valence-corrected chi connectivity index (χ0v) is 13.4. The number of halogens is 1. The maximum atomic E-state index is 13.0. The molecule has 0 fully saturated rings. The number of amides is 1. The normalized spacial score (nSPS) is 19.2. The van der Waals surface area contributed by atoms with Gasteiger partial charge in [0.2, 0.25) is 0 Å². The first-order valence-corrected chi connectivity index (χ1v) is 7.52. The van der Waals surface area contributed by atoms with Crippen molar-refractivity contribution in [2.45, 2.75) is 26.7 Å². The molecule has 5 heteroatoms. The molecule has 0 bridgehead atoms. The molecule has 0 heterocycles. The minimum atomic E-state index is -0.406. The summed E-state index contributed by atoms with van der Waals surface area (Å²) in [5, 5.41) is 4.18. The Morgan fingerprint density at radius 2 is 2.30 bits per heavy atom. The standard InChI is InChI=1S/C18H21FN2O2/c1-12(2)14-8-7-13(3)17(9-14)20-21-18(22)11-23-16-6-4-5-15(19)10-16/h4-7,10,14H,1,8-9,11H2,2-3H3,(H,21,22)/t14-/m1/s1. The SMILES string of the molecule is C=C(C)[C@@H]1CC=C(C)C(=NNC(=O)COc2cccc(F)c2)C1. The van der Waals surface area contributed by atoms with Gasteiger partial charge in [-0.2, -0.15) is 5.10 Å². The molecule has 1 aliphatic carbocycles. The topological polar surface area (TPSA) is 50.7 Å². The zero-order chi connectivity index (χ0) is 16.8. The molecule has 1 amide bonds. The van der Waals surface area contributed by atoms with Crippen molar-refractivity contribution in [2.75, 3.05) is 6.61 Å². The minimum absolute atomic E-state index is 0.215. The number of ether oxygens (including phenoxy) is 1. The molecule has 0 aromatic heterocycles. The lowest BCUT2D eigenvalue weighted by molar-refractivity contribution is -0.123. The van der Waals surface area contributed by atoms with Crippen molar-refractivity contribution < 1.29 is 13.9 Å². The summed E-state index contributed by atoms with van der Waals surface area (Å²) in [6.45, 7) is 7.74. The molecule has 0 spiro atoms. The van der Waals surface area contributed by atoms with E-state index in [1.807, 2.05) is 13.8 Å². The highest BCUT2D eigenvalue weighted by molar-refractivity contribution is 6.01. The molecule has 4 nitrogen and oxygen atoms in total. The van der Waals surface area contributed by atoms with Crippen LogP contribution in [0.5, 0.6) is 5.75 Å². The fourth-order valence-corrected chi connectivity index (χ4v) is 2.29. The van der Waals surface area contributed by atoms with Gasteiger partial charge in [-0.1, -0.05) is 24.3 Å². The quantitative estimate of drug-likeness (QED) is 0.666. The van der Waals surface area contributed by atoms with E-state index in [-0.39, 0.29) is 12.5 Å². The van der Waals surface area contributed by atoms with Crippen molar-refractivity contribution in [3.63, 3.8) is 0 Å². The highest BCUT2D eigenvalue weighted by Gasteiger charge is 2.18. The third kappa shape index (κ3) is 5.06. The first kappa shape index (κ1) is 16.9. The number of rotatable bonds is 5. The number of benzene rings is 1. The van der Waals surface area contributed by atoms with Crippen molar-refractivity contribution in [3.05, 3.63) is 53.9 Å². The van der Waals surface area contributed by atoms with Gasteiger partial charge in [-0.25, -0.2) is 9.82 Å². The monoisotopic (exact) mass is 316 g/mol. The van der Waals surface area contributed by atoms with E-state index < -0.39 is 5.82 Å². The molecule has 2 rings (SSSR count). The summed E-state index contributed by atoms with van der Waals surface area (Å²) in [4.78, 5) is 11.8. The van der Waals surface area contributed by atoms with Crippen LogP contribution in [0.15, 0.2) is 53.2 Å². The first-order valence-electron chi connectivity index (χ1n) is 7.52. The van der Waals surface area contributed by atoms with Crippen LogP contribution in [-0.4, -0.2) is 18.2 Å². The molecule has 1 N–H and O–H groups in total. The van der Waals surface area contributed by atoms with Gasteiger partial charge >= 0.3 is 0 Å². The van der Waals surface area contributed by atoms with Crippen LogP contribution >= 0.6 is 0 Å². The number of hydrogen-bond donors (Lipinski definition) is 1. The van der Waals surface area contributed by atoms with Crippen LogP contribution in [0.4, 0.5) is 4.39 Å². The number of nitrogens with zero attached hydrogens (tertiary/aromatic N) is 1. The Kier molecular flexibility index (Phi) is 5.68. The summed E-state index contributed by atoms with van der Waals surface area (Å²) in [5.41, 5.74) is 5.51. The van der Waals surface area contributed by atoms with Crippen LogP contribution in [0.25, 0.3) is 0 Å². The minimum Gasteiger partial charge on any atom is -0.484 e. The smallest absolute Gasteiger partial charge is 0.277 e. The van der Waals surface area contributed by atoms with E-state index in [4.69, 9.17) is 4.74 Å². The fourth-order valence-electron chi connectivity index (χ4n) is 2.29. The molecule has 23 heavy (non-hydrogen) atoms. The van der Waals surface area contributed by atoms with Crippen molar-refractivity contribution in [1.29, 1.82) is 0 Å². The number of nitrogens with one attached hydrogen (secondary N) is 1. The van der Waals surface area contributed by atoms with Crippen LogP contribution in [0, 0.1) is 11.7 Å². The number of allylic oxidation sites excluding steroid dienone is 3. The predicted molar refractivity (Wildman–Crippen MR) is 88.8 cm³/mol. The average Bonchev–Trinajstić information content (AvgIpc) is 2.52. The molecule has 0 radical (unpaired) electrons. The molecule has 0 saturated carbocycles. The lowest BCUT2D eigenvalue weighted by atomic mass is 9.85. The van der Waals surface area contributed by atoms with E-state index in [0.29, 0.717) is 11.7 Å². The van der Waals surface area contributed by atoms with E-state index in [0.717, 1.165) is 29.7 Å². The van der Waals surface area contributed by atoms with Gasteiger partial charge in [-0.05, 0) is 50.3 Å². The second kappa shape index (κ2) is 7.72. The van der Waals surface area contributed by atoms with E-state index in [1.54, 1.807) is 6.07 Å². The van der Waals surface area contributed by atoms with Crippen LogP contribution in [0.1, 0.15) is 26.7 Å².